The Morgan fingerprint density at radius 3 is 2.71 bits per heavy atom. The summed E-state index contributed by atoms with van der Waals surface area (Å²) in [4.78, 5) is 14.1. The van der Waals surface area contributed by atoms with Gasteiger partial charge in [-0.1, -0.05) is 0 Å². The first-order chi connectivity index (χ1) is 7.87. The van der Waals surface area contributed by atoms with E-state index in [1.54, 1.807) is 0 Å². The molecule has 4 nitrogen and oxygen atoms in total. The molecule has 2 rings (SSSR count). The second kappa shape index (κ2) is 4.48. The molecule has 2 fully saturated rings. The van der Waals surface area contributed by atoms with E-state index in [0.29, 0.717) is 11.8 Å². The van der Waals surface area contributed by atoms with E-state index >= 15 is 0 Å². The largest absolute Gasteiger partial charge is 0.444 e. The van der Waals surface area contributed by atoms with Crippen LogP contribution in [0.15, 0.2) is 0 Å². The van der Waals surface area contributed by atoms with Gasteiger partial charge >= 0.3 is 6.09 Å². The molecule has 4 heteroatoms. The minimum atomic E-state index is -0.401. The molecule has 3 unspecified atom stereocenters. The number of nitrogens with one attached hydrogen (secondary N) is 1. The minimum absolute atomic E-state index is 0.151. The molecule has 17 heavy (non-hydrogen) atoms. The van der Waals surface area contributed by atoms with Gasteiger partial charge < -0.3 is 15.0 Å². The average molecular weight is 240 g/mol. The van der Waals surface area contributed by atoms with Crippen LogP contribution in [0.4, 0.5) is 4.79 Å². The summed E-state index contributed by atoms with van der Waals surface area (Å²) in [7, 11) is 0. The average Bonchev–Trinajstić information content (AvgIpc) is 2.21. The van der Waals surface area contributed by atoms with Crippen molar-refractivity contribution in [1.82, 2.24) is 10.2 Å². The van der Waals surface area contributed by atoms with Gasteiger partial charge in [-0.2, -0.15) is 0 Å². The highest BCUT2D eigenvalue weighted by Gasteiger charge is 2.39. The van der Waals surface area contributed by atoms with Crippen LogP contribution in [0.1, 0.15) is 34.1 Å². The lowest BCUT2D eigenvalue weighted by Crippen LogP contribution is -2.58. The minimum Gasteiger partial charge on any atom is -0.444 e. The van der Waals surface area contributed by atoms with Gasteiger partial charge in [-0.3, -0.25) is 0 Å². The summed E-state index contributed by atoms with van der Waals surface area (Å²) >= 11 is 0. The Kier molecular flexibility index (Phi) is 3.34. The smallest absolute Gasteiger partial charge is 0.410 e. The van der Waals surface area contributed by atoms with E-state index in [2.05, 4.69) is 12.2 Å². The van der Waals surface area contributed by atoms with E-state index in [1.165, 1.54) is 6.42 Å². The first-order valence-electron chi connectivity index (χ1n) is 6.57. The van der Waals surface area contributed by atoms with Crippen LogP contribution >= 0.6 is 0 Å². The monoisotopic (exact) mass is 240 g/mol. The third kappa shape index (κ3) is 2.92. The van der Waals surface area contributed by atoms with Crippen molar-refractivity contribution in [3.05, 3.63) is 0 Å². The standard InChI is InChI=1S/C13H24N2O2/c1-9-11-5-10(6-14-7-11)8-15(9)12(16)17-13(2,3)4/h9-11,14H,5-8H2,1-4H3. The van der Waals surface area contributed by atoms with Crippen LogP contribution in [0.3, 0.4) is 0 Å². The molecule has 0 aliphatic carbocycles. The molecule has 0 saturated carbocycles. The first-order valence-corrected chi connectivity index (χ1v) is 6.57. The summed E-state index contributed by atoms with van der Waals surface area (Å²) in [6.07, 6.45) is 1.09. The Labute approximate surface area is 104 Å². The number of carbonyl (C=O) groups excluding carboxylic acids is 1. The molecule has 2 heterocycles. The number of ether oxygens (including phenoxy) is 1. The van der Waals surface area contributed by atoms with Crippen molar-refractivity contribution < 1.29 is 9.53 Å². The maximum absolute atomic E-state index is 12.1. The summed E-state index contributed by atoms with van der Waals surface area (Å²) in [6.45, 7) is 10.8. The van der Waals surface area contributed by atoms with Gasteiger partial charge in [0.15, 0.2) is 0 Å². The molecule has 0 radical (unpaired) electrons. The van der Waals surface area contributed by atoms with E-state index in [0.717, 1.165) is 19.6 Å². The normalized spacial score (nSPS) is 33.4. The predicted octanol–water partition coefficient (Wildman–Crippen LogP) is 1.85. The predicted molar refractivity (Wildman–Crippen MR) is 66.9 cm³/mol. The van der Waals surface area contributed by atoms with E-state index in [-0.39, 0.29) is 12.1 Å². The van der Waals surface area contributed by atoms with Crippen molar-refractivity contribution in [2.75, 3.05) is 19.6 Å². The summed E-state index contributed by atoms with van der Waals surface area (Å²) in [5.74, 6) is 1.17. The van der Waals surface area contributed by atoms with Gasteiger partial charge in [0.05, 0.1) is 0 Å². The van der Waals surface area contributed by atoms with Crippen molar-refractivity contribution in [1.29, 1.82) is 0 Å². The van der Waals surface area contributed by atoms with Crippen LogP contribution in [0.5, 0.6) is 0 Å². The van der Waals surface area contributed by atoms with Crippen LogP contribution < -0.4 is 5.32 Å². The quantitative estimate of drug-likeness (QED) is 0.702. The molecule has 2 aliphatic rings. The fraction of sp³-hybridized carbons (Fsp3) is 0.923. The zero-order valence-corrected chi connectivity index (χ0v) is 11.3. The number of fused-ring (bicyclic) bond motifs is 2. The van der Waals surface area contributed by atoms with Crippen LogP contribution in [0.25, 0.3) is 0 Å². The number of nitrogens with zero attached hydrogens (tertiary/aromatic N) is 1. The maximum atomic E-state index is 12.1. The Balaban J connectivity index is 2.02. The lowest BCUT2D eigenvalue weighted by Gasteiger charge is -2.46. The number of hydrogen-bond donors (Lipinski definition) is 1. The van der Waals surface area contributed by atoms with Crippen molar-refractivity contribution in [3.63, 3.8) is 0 Å². The molecule has 0 spiro atoms. The second-order valence-electron chi connectivity index (χ2n) is 6.39. The summed E-state index contributed by atoms with van der Waals surface area (Å²) in [6, 6.07) is 0.286. The van der Waals surface area contributed by atoms with Crippen molar-refractivity contribution >= 4 is 6.09 Å². The molecule has 1 amide bonds. The first kappa shape index (κ1) is 12.7. The van der Waals surface area contributed by atoms with Crippen molar-refractivity contribution in [2.45, 2.75) is 45.8 Å². The zero-order valence-electron chi connectivity index (χ0n) is 11.3. The number of likely N-dealkylation sites (tertiary alicyclic amines) is 1. The Hall–Kier alpha value is -0.770. The number of amides is 1. The summed E-state index contributed by atoms with van der Waals surface area (Å²) in [5.41, 5.74) is -0.401. The van der Waals surface area contributed by atoms with Gasteiger partial charge in [0, 0.05) is 12.6 Å². The van der Waals surface area contributed by atoms with Crippen LogP contribution in [0, 0.1) is 11.8 Å². The van der Waals surface area contributed by atoms with Gasteiger partial charge in [0.2, 0.25) is 0 Å². The lowest BCUT2D eigenvalue weighted by atomic mass is 9.81. The topological polar surface area (TPSA) is 41.6 Å². The number of rotatable bonds is 0. The van der Waals surface area contributed by atoms with Gasteiger partial charge in [-0.05, 0) is 59.0 Å². The number of piperidine rings is 2. The van der Waals surface area contributed by atoms with Gasteiger partial charge in [-0.25, -0.2) is 4.79 Å². The summed E-state index contributed by atoms with van der Waals surface area (Å²) < 4.78 is 5.48. The fourth-order valence-electron chi connectivity index (χ4n) is 2.83. The van der Waals surface area contributed by atoms with E-state index in [9.17, 15) is 4.79 Å². The van der Waals surface area contributed by atoms with Crippen LogP contribution in [0.2, 0.25) is 0 Å². The van der Waals surface area contributed by atoms with Gasteiger partial charge in [-0.15, -0.1) is 0 Å². The molecule has 0 aromatic rings. The number of hydrogen-bond acceptors (Lipinski definition) is 3. The molecule has 2 aliphatic heterocycles. The van der Waals surface area contributed by atoms with Crippen LogP contribution in [-0.2, 0) is 4.74 Å². The van der Waals surface area contributed by atoms with Crippen molar-refractivity contribution in [3.8, 4) is 0 Å². The Bertz CT molecular complexity index is 298. The lowest BCUT2D eigenvalue weighted by molar-refractivity contribution is -0.0123. The fourth-order valence-corrected chi connectivity index (χ4v) is 2.83. The Morgan fingerprint density at radius 1 is 1.35 bits per heavy atom. The van der Waals surface area contributed by atoms with Crippen LogP contribution in [-0.4, -0.2) is 42.3 Å². The van der Waals surface area contributed by atoms with Gasteiger partial charge in [0.25, 0.3) is 0 Å². The third-order valence-corrected chi connectivity index (χ3v) is 3.73. The Morgan fingerprint density at radius 2 is 2.06 bits per heavy atom. The SMILES string of the molecule is CC1C2CNCC(C2)CN1C(=O)OC(C)(C)C. The molecule has 0 aromatic carbocycles. The molecule has 1 N–H and O–H groups in total. The van der Waals surface area contributed by atoms with Crippen molar-refractivity contribution in [2.24, 2.45) is 11.8 Å². The molecule has 98 valence electrons. The third-order valence-electron chi connectivity index (χ3n) is 3.73. The highest BCUT2D eigenvalue weighted by atomic mass is 16.6. The molecule has 2 bridgehead atoms. The highest BCUT2D eigenvalue weighted by Crippen LogP contribution is 2.30. The molecule has 3 atom stereocenters. The highest BCUT2D eigenvalue weighted by molar-refractivity contribution is 5.68. The molecular weight excluding hydrogens is 216 g/mol. The zero-order chi connectivity index (χ0) is 12.6. The maximum Gasteiger partial charge on any atom is 0.410 e. The summed E-state index contributed by atoms with van der Waals surface area (Å²) in [5, 5.41) is 3.45. The van der Waals surface area contributed by atoms with E-state index in [1.807, 2.05) is 25.7 Å². The second-order valence-corrected chi connectivity index (χ2v) is 6.39. The molecule has 2 saturated heterocycles. The molecule has 0 aromatic heterocycles. The van der Waals surface area contributed by atoms with E-state index < -0.39 is 5.60 Å². The molecular formula is C13H24N2O2. The van der Waals surface area contributed by atoms with Gasteiger partial charge in [0.1, 0.15) is 5.60 Å². The number of carbonyl (C=O) groups is 1. The van der Waals surface area contributed by atoms with E-state index in [4.69, 9.17) is 4.74 Å².